The molecule has 3 heterocycles. The maximum Gasteiger partial charge on any atom is 0.237 e. The minimum atomic E-state index is -1.11. The van der Waals surface area contributed by atoms with Crippen molar-refractivity contribution in [3.63, 3.8) is 0 Å². The molecule has 0 bridgehead atoms. The van der Waals surface area contributed by atoms with Crippen LogP contribution in [0.4, 0.5) is 10.2 Å². The fourth-order valence-electron chi connectivity index (χ4n) is 4.23. The standard InChI is InChI=1S/C18H19FN6O/c19-12-4-13(6-21)25(8-12)16(26)7-23-17-14-9-24(10-15(14)17)18-11(5-20)2-1-3-22-18/h1-3,12-15,17,23H,4,7-10H2/t12-,13-,14-,15+,17?/m0/s1. The first-order valence-electron chi connectivity index (χ1n) is 8.79. The maximum absolute atomic E-state index is 13.4. The Morgan fingerprint density at radius 3 is 2.81 bits per heavy atom. The quantitative estimate of drug-likeness (QED) is 0.843. The summed E-state index contributed by atoms with van der Waals surface area (Å²) in [6.07, 6.45) is 0.691. The zero-order valence-corrected chi connectivity index (χ0v) is 14.2. The van der Waals surface area contributed by atoms with E-state index in [0.717, 1.165) is 18.9 Å². The molecule has 3 aliphatic rings. The van der Waals surface area contributed by atoms with Gasteiger partial charge < -0.3 is 15.1 Å². The van der Waals surface area contributed by atoms with Crippen LogP contribution in [-0.4, -0.2) is 60.2 Å². The van der Waals surface area contributed by atoms with E-state index in [1.807, 2.05) is 6.07 Å². The largest absolute Gasteiger partial charge is 0.355 e. The van der Waals surface area contributed by atoms with Crippen LogP contribution >= 0.6 is 0 Å². The van der Waals surface area contributed by atoms with Crippen LogP contribution < -0.4 is 10.2 Å². The molecular formula is C18H19FN6O. The summed E-state index contributed by atoms with van der Waals surface area (Å²) in [6.45, 7) is 1.76. The number of carbonyl (C=O) groups excluding carboxylic acids is 1. The van der Waals surface area contributed by atoms with Gasteiger partial charge in [-0.1, -0.05) is 0 Å². The summed E-state index contributed by atoms with van der Waals surface area (Å²) in [4.78, 5) is 20.1. The van der Waals surface area contributed by atoms with Crippen molar-refractivity contribution >= 4 is 11.7 Å². The number of alkyl halides is 1. The van der Waals surface area contributed by atoms with Crippen LogP contribution in [-0.2, 0) is 4.79 Å². The van der Waals surface area contributed by atoms with Crippen molar-refractivity contribution in [3.8, 4) is 12.1 Å². The van der Waals surface area contributed by atoms with Crippen molar-refractivity contribution in [1.82, 2.24) is 15.2 Å². The van der Waals surface area contributed by atoms with Gasteiger partial charge in [-0.05, 0) is 24.0 Å². The van der Waals surface area contributed by atoms with E-state index in [2.05, 4.69) is 21.3 Å². The number of halogens is 1. The lowest BCUT2D eigenvalue weighted by molar-refractivity contribution is -0.130. The van der Waals surface area contributed by atoms with E-state index in [1.165, 1.54) is 4.90 Å². The van der Waals surface area contributed by atoms with Gasteiger partial charge >= 0.3 is 0 Å². The average molecular weight is 354 g/mol. The Hall–Kier alpha value is -2.71. The van der Waals surface area contributed by atoms with Crippen LogP contribution in [0.25, 0.3) is 0 Å². The molecular weight excluding hydrogens is 335 g/mol. The third-order valence-corrected chi connectivity index (χ3v) is 5.61. The molecule has 134 valence electrons. The Morgan fingerprint density at radius 2 is 2.12 bits per heavy atom. The number of fused-ring (bicyclic) bond motifs is 1. The number of hydrogen-bond acceptors (Lipinski definition) is 6. The van der Waals surface area contributed by atoms with Crippen molar-refractivity contribution in [3.05, 3.63) is 23.9 Å². The highest BCUT2D eigenvalue weighted by Crippen LogP contribution is 2.46. The van der Waals surface area contributed by atoms with Crippen LogP contribution in [0.3, 0.4) is 0 Å². The first-order chi connectivity index (χ1) is 12.6. The number of amides is 1. The highest BCUT2D eigenvalue weighted by atomic mass is 19.1. The van der Waals surface area contributed by atoms with E-state index in [1.54, 1.807) is 18.3 Å². The average Bonchev–Trinajstić information content (AvgIpc) is 3.00. The summed E-state index contributed by atoms with van der Waals surface area (Å²) in [5.74, 6) is 1.36. The Morgan fingerprint density at radius 1 is 1.35 bits per heavy atom. The van der Waals surface area contributed by atoms with Gasteiger partial charge in [0, 0.05) is 31.7 Å². The predicted molar refractivity (Wildman–Crippen MR) is 90.6 cm³/mol. The second-order valence-electron chi connectivity index (χ2n) is 7.15. The van der Waals surface area contributed by atoms with Crippen molar-refractivity contribution < 1.29 is 9.18 Å². The Kier molecular flexibility index (Phi) is 4.21. The molecule has 8 heteroatoms. The van der Waals surface area contributed by atoms with E-state index < -0.39 is 12.2 Å². The molecule has 0 radical (unpaired) electrons. The molecule has 1 aromatic rings. The second-order valence-corrected chi connectivity index (χ2v) is 7.15. The van der Waals surface area contributed by atoms with E-state index in [9.17, 15) is 14.4 Å². The van der Waals surface area contributed by atoms with E-state index >= 15 is 0 Å². The van der Waals surface area contributed by atoms with Gasteiger partial charge in [-0.25, -0.2) is 9.37 Å². The highest BCUT2D eigenvalue weighted by molar-refractivity contribution is 5.79. The van der Waals surface area contributed by atoms with Crippen LogP contribution in [0.5, 0.6) is 0 Å². The molecule has 1 amide bonds. The minimum Gasteiger partial charge on any atom is -0.355 e. The number of anilines is 1. The smallest absolute Gasteiger partial charge is 0.237 e. The summed E-state index contributed by atoms with van der Waals surface area (Å²) < 4.78 is 13.4. The van der Waals surface area contributed by atoms with Crippen LogP contribution in [0, 0.1) is 34.5 Å². The second kappa shape index (κ2) is 6.54. The summed E-state index contributed by atoms with van der Waals surface area (Å²) >= 11 is 0. The Balaban J connectivity index is 1.28. The number of carbonyl (C=O) groups is 1. The number of aromatic nitrogens is 1. The summed E-state index contributed by atoms with van der Waals surface area (Å²) in [5.41, 5.74) is 0.575. The number of rotatable bonds is 4. The lowest BCUT2D eigenvalue weighted by atomic mass is 10.2. The monoisotopic (exact) mass is 354 g/mol. The molecule has 1 N–H and O–H groups in total. The number of pyridine rings is 1. The molecule has 2 aliphatic heterocycles. The number of nitriles is 2. The first kappa shape index (κ1) is 16.7. The van der Waals surface area contributed by atoms with Crippen molar-refractivity contribution in [2.45, 2.75) is 24.7 Å². The molecule has 5 atom stereocenters. The van der Waals surface area contributed by atoms with Gasteiger partial charge in [0.15, 0.2) is 0 Å². The molecule has 0 spiro atoms. The van der Waals surface area contributed by atoms with Gasteiger partial charge in [0.2, 0.25) is 5.91 Å². The molecule has 3 fully saturated rings. The summed E-state index contributed by atoms with van der Waals surface area (Å²) in [5, 5.41) is 21.5. The Bertz CT molecular complexity index is 790. The third-order valence-electron chi connectivity index (χ3n) is 5.61. The summed E-state index contributed by atoms with van der Waals surface area (Å²) in [7, 11) is 0. The fourth-order valence-corrected chi connectivity index (χ4v) is 4.23. The number of nitrogens with zero attached hydrogens (tertiary/aromatic N) is 5. The number of nitrogens with one attached hydrogen (secondary N) is 1. The molecule has 1 aromatic heterocycles. The number of likely N-dealkylation sites (tertiary alicyclic amines) is 1. The van der Waals surface area contributed by atoms with E-state index in [4.69, 9.17) is 5.26 Å². The van der Waals surface area contributed by atoms with Crippen LogP contribution in [0.15, 0.2) is 18.3 Å². The molecule has 0 aromatic carbocycles. The maximum atomic E-state index is 13.4. The lowest BCUT2D eigenvalue weighted by Gasteiger charge is -2.23. The molecule has 1 aliphatic carbocycles. The van der Waals surface area contributed by atoms with Gasteiger partial charge in [-0.3, -0.25) is 4.79 Å². The van der Waals surface area contributed by atoms with Gasteiger partial charge in [0.25, 0.3) is 0 Å². The number of hydrogen-bond donors (Lipinski definition) is 1. The normalized spacial score (nSPS) is 32.0. The van der Waals surface area contributed by atoms with Crippen LogP contribution in [0.1, 0.15) is 12.0 Å². The number of piperidine rings is 1. The molecule has 4 rings (SSSR count). The van der Waals surface area contributed by atoms with Gasteiger partial charge in [0.05, 0.1) is 24.7 Å². The minimum absolute atomic E-state index is 0.0145. The van der Waals surface area contributed by atoms with E-state index in [-0.39, 0.29) is 31.5 Å². The zero-order chi connectivity index (χ0) is 18.3. The lowest BCUT2D eigenvalue weighted by Crippen LogP contribution is -2.43. The third kappa shape index (κ3) is 2.87. The van der Waals surface area contributed by atoms with Gasteiger partial charge in [-0.2, -0.15) is 10.5 Å². The van der Waals surface area contributed by atoms with Crippen molar-refractivity contribution in [2.75, 3.05) is 31.1 Å². The van der Waals surface area contributed by atoms with Crippen LogP contribution in [0.2, 0.25) is 0 Å². The molecule has 26 heavy (non-hydrogen) atoms. The Labute approximate surface area is 151 Å². The highest BCUT2D eigenvalue weighted by Gasteiger charge is 2.56. The van der Waals surface area contributed by atoms with Gasteiger partial charge in [-0.15, -0.1) is 0 Å². The molecule has 1 unspecified atom stereocenters. The molecule has 1 saturated carbocycles. The summed E-state index contributed by atoms with van der Waals surface area (Å²) in [6, 6.07) is 7.30. The first-order valence-corrected chi connectivity index (χ1v) is 8.79. The van der Waals surface area contributed by atoms with Crippen molar-refractivity contribution in [2.24, 2.45) is 11.8 Å². The topological polar surface area (TPSA) is 96.1 Å². The SMILES string of the molecule is N#Cc1cccnc1N1C[C@@H]2C(NCC(=O)N3C[C@@H](F)C[C@H]3C#N)[C@@H]2C1. The zero-order valence-electron chi connectivity index (χ0n) is 14.2. The van der Waals surface area contributed by atoms with Gasteiger partial charge in [0.1, 0.15) is 24.1 Å². The molecule has 7 nitrogen and oxygen atoms in total. The fraction of sp³-hybridized carbons (Fsp3) is 0.556. The molecule has 2 saturated heterocycles. The predicted octanol–water partition coefficient (Wildman–Crippen LogP) is 0.440. The van der Waals surface area contributed by atoms with E-state index in [0.29, 0.717) is 17.4 Å². The van der Waals surface area contributed by atoms with Crippen molar-refractivity contribution in [1.29, 1.82) is 10.5 Å².